The molecule has 0 atom stereocenters. The average Bonchev–Trinajstić information content (AvgIpc) is 3.12. The van der Waals surface area contributed by atoms with Crippen LogP contribution in [0.2, 0.25) is 0 Å². The summed E-state index contributed by atoms with van der Waals surface area (Å²) in [6.07, 6.45) is 2.05. The van der Waals surface area contributed by atoms with E-state index in [0.29, 0.717) is 11.6 Å². The molecule has 3 heteroatoms. The molecule has 0 bridgehead atoms. The van der Waals surface area contributed by atoms with Crippen LogP contribution in [-0.4, -0.2) is 14.4 Å². The quantitative estimate of drug-likeness (QED) is 0.320. The van der Waals surface area contributed by atoms with Crippen molar-refractivity contribution in [3.8, 4) is 0 Å². The lowest BCUT2D eigenvalue weighted by atomic mass is 9.59. The van der Waals surface area contributed by atoms with Gasteiger partial charge in [0, 0.05) is 22.7 Å². The predicted molar refractivity (Wildman–Crippen MR) is 127 cm³/mol. The third kappa shape index (κ3) is 2.16. The lowest BCUT2D eigenvalue weighted by Gasteiger charge is -2.44. The molecule has 30 heavy (non-hydrogen) atoms. The second-order valence-electron chi connectivity index (χ2n) is 11.6. The first kappa shape index (κ1) is 17.3. The van der Waals surface area contributed by atoms with E-state index in [0.717, 1.165) is 38.9 Å². The maximum absolute atomic E-state index is 8.95. The summed E-state index contributed by atoms with van der Waals surface area (Å²) in [5, 5.41) is 0.978. The number of pyridine rings is 2. The van der Waals surface area contributed by atoms with Crippen LogP contribution in [0.5, 0.6) is 0 Å². The van der Waals surface area contributed by atoms with E-state index in [4.69, 9.17) is 12.7 Å². The molecule has 0 fully saturated rings. The fraction of sp³-hybridized carbons (Fsp3) is 0.481. The van der Waals surface area contributed by atoms with E-state index < -0.39 is 0 Å². The monoisotopic (exact) mass is 401 g/mol. The van der Waals surface area contributed by atoms with Crippen molar-refractivity contribution in [2.24, 2.45) is 5.41 Å². The summed E-state index contributed by atoms with van der Waals surface area (Å²) in [7, 11) is 0. The molecule has 0 amide bonds. The summed E-state index contributed by atoms with van der Waals surface area (Å²) in [6, 6.07) is 6.78. The molecule has 0 aliphatic heterocycles. The molecule has 0 spiro atoms. The molecular formula is C27H33N3. The normalized spacial score (nSPS) is 20.6. The van der Waals surface area contributed by atoms with Crippen molar-refractivity contribution in [3.05, 3.63) is 53.3 Å². The van der Waals surface area contributed by atoms with Crippen LogP contribution in [0.3, 0.4) is 0 Å². The molecule has 0 saturated heterocycles. The summed E-state index contributed by atoms with van der Waals surface area (Å²) in [5.41, 5.74) is 5.96. The van der Waals surface area contributed by atoms with E-state index in [1.807, 2.05) is 6.20 Å². The summed E-state index contributed by atoms with van der Waals surface area (Å²) < 4.78 is 20.0. The number of nitrogens with zero attached hydrogens (tertiary/aromatic N) is 3. The molecule has 0 radical (unpaired) electrons. The minimum Gasteiger partial charge on any atom is -0.299 e. The molecule has 1 aliphatic rings. The Hall–Kier alpha value is -2.42. The second kappa shape index (κ2) is 5.43. The molecule has 1 aromatic carbocycles. The summed E-state index contributed by atoms with van der Waals surface area (Å²) in [5.74, 6) is 0. The molecule has 3 nitrogen and oxygen atoms in total. The molecule has 3 heterocycles. The highest BCUT2D eigenvalue weighted by atomic mass is 15.0. The second-order valence-corrected chi connectivity index (χ2v) is 11.6. The first-order valence-electron chi connectivity index (χ1n) is 11.9. The first-order valence-corrected chi connectivity index (χ1v) is 10.9. The highest BCUT2D eigenvalue weighted by molar-refractivity contribution is 5.98. The molecule has 5 rings (SSSR count). The van der Waals surface area contributed by atoms with Crippen LogP contribution in [0.1, 0.15) is 81.9 Å². The van der Waals surface area contributed by atoms with Crippen LogP contribution in [0.15, 0.2) is 36.5 Å². The standard InChI is InChI=1S/C27H33N3/c1-24(2,3)20-13-10-16-18(28-20)14-15-30-22-19(29-23(16)30)12-11-17-21(22)26(6,7)27(8,9)25(17,4)5/h10-15H,1-9H3/i11D,12D. The van der Waals surface area contributed by atoms with Crippen LogP contribution < -0.4 is 0 Å². The van der Waals surface area contributed by atoms with Crippen LogP contribution in [-0.2, 0) is 16.2 Å². The smallest absolute Gasteiger partial charge is 0.147 e. The number of rotatable bonds is 0. The highest BCUT2D eigenvalue weighted by Gasteiger charge is 2.57. The van der Waals surface area contributed by atoms with Crippen molar-refractivity contribution >= 4 is 27.6 Å². The van der Waals surface area contributed by atoms with Gasteiger partial charge < -0.3 is 0 Å². The minimum atomic E-state index is -0.239. The highest BCUT2D eigenvalue weighted by Crippen LogP contribution is 2.62. The zero-order chi connectivity index (χ0) is 23.6. The number of aromatic nitrogens is 3. The molecule has 0 N–H and O–H groups in total. The van der Waals surface area contributed by atoms with Gasteiger partial charge in [-0.05, 0) is 51.6 Å². The van der Waals surface area contributed by atoms with Crippen molar-refractivity contribution in [1.82, 2.24) is 14.4 Å². The Morgan fingerprint density at radius 2 is 1.57 bits per heavy atom. The van der Waals surface area contributed by atoms with Gasteiger partial charge in [0.25, 0.3) is 0 Å². The van der Waals surface area contributed by atoms with Crippen molar-refractivity contribution in [2.45, 2.75) is 78.6 Å². The van der Waals surface area contributed by atoms with Gasteiger partial charge >= 0.3 is 0 Å². The third-order valence-corrected chi connectivity index (χ3v) is 8.39. The number of fused-ring (bicyclic) bond motifs is 7. The van der Waals surface area contributed by atoms with Crippen molar-refractivity contribution in [2.75, 3.05) is 0 Å². The number of hydrogen-bond donors (Lipinski definition) is 0. The van der Waals surface area contributed by atoms with Gasteiger partial charge in [0.05, 0.1) is 19.3 Å². The SMILES string of the molecule is [2H]c1c2c(c3c(nc4c5ccc(C(C)(C)C)nc5ccn43)c1[2H])C(C)(C)C(C)(C)C2(C)C. The summed E-state index contributed by atoms with van der Waals surface area (Å²) in [4.78, 5) is 9.87. The van der Waals surface area contributed by atoms with E-state index in [1.54, 1.807) is 0 Å². The maximum atomic E-state index is 8.95. The maximum Gasteiger partial charge on any atom is 0.147 e. The van der Waals surface area contributed by atoms with E-state index in [1.165, 1.54) is 0 Å². The van der Waals surface area contributed by atoms with Crippen molar-refractivity contribution in [1.29, 1.82) is 0 Å². The molecule has 1 aliphatic carbocycles. The van der Waals surface area contributed by atoms with Gasteiger partial charge in [0.1, 0.15) is 5.65 Å². The topological polar surface area (TPSA) is 30.2 Å². The third-order valence-electron chi connectivity index (χ3n) is 8.39. The Bertz CT molecular complexity index is 1450. The Balaban J connectivity index is 1.98. The molecule has 4 aromatic rings. The van der Waals surface area contributed by atoms with Crippen LogP contribution in [0, 0.1) is 5.41 Å². The Labute approximate surface area is 182 Å². The van der Waals surface area contributed by atoms with Crippen molar-refractivity contribution < 1.29 is 2.74 Å². The Kier molecular flexibility index (Phi) is 3.13. The van der Waals surface area contributed by atoms with Gasteiger partial charge in [-0.3, -0.25) is 9.38 Å². The molecule has 0 saturated carbocycles. The van der Waals surface area contributed by atoms with E-state index >= 15 is 0 Å². The zero-order valence-corrected chi connectivity index (χ0v) is 19.7. The van der Waals surface area contributed by atoms with Gasteiger partial charge in [-0.15, -0.1) is 0 Å². The van der Waals surface area contributed by atoms with E-state index in [2.05, 4.69) is 84.9 Å². The van der Waals surface area contributed by atoms with Gasteiger partial charge in [0.15, 0.2) is 0 Å². The number of imidazole rings is 1. The zero-order valence-electron chi connectivity index (χ0n) is 21.7. The average molecular weight is 402 g/mol. The van der Waals surface area contributed by atoms with Crippen LogP contribution >= 0.6 is 0 Å². The molecule has 0 unspecified atom stereocenters. The van der Waals surface area contributed by atoms with Gasteiger partial charge in [-0.2, -0.15) is 0 Å². The van der Waals surface area contributed by atoms with Crippen LogP contribution in [0.25, 0.3) is 27.6 Å². The lowest BCUT2D eigenvalue weighted by molar-refractivity contribution is 0.125. The number of hydrogen-bond acceptors (Lipinski definition) is 2. The van der Waals surface area contributed by atoms with Gasteiger partial charge in [0.2, 0.25) is 0 Å². The lowest BCUT2D eigenvalue weighted by Crippen LogP contribution is -2.42. The predicted octanol–water partition coefficient (Wildman–Crippen LogP) is 6.93. The molecule has 156 valence electrons. The molecule has 3 aromatic heterocycles. The molecular weight excluding hydrogens is 366 g/mol. The Morgan fingerprint density at radius 3 is 2.23 bits per heavy atom. The number of benzene rings is 1. The first-order chi connectivity index (χ1) is 14.6. The largest absolute Gasteiger partial charge is 0.299 e. The fourth-order valence-electron chi connectivity index (χ4n) is 5.23. The van der Waals surface area contributed by atoms with Gasteiger partial charge in [-0.1, -0.05) is 68.4 Å². The minimum absolute atomic E-state index is 0.0308. The van der Waals surface area contributed by atoms with E-state index in [9.17, 15) is 0 Å². The van der Waals surface area contributed by atoms with Crippen molar-refractivity contribution in [3.63, 3.8) is 0 Å². The van der Waals surface area contributed by atoms with Crippen LogP contribution in [0.4, 0.5) is 0 Å². The summed E-state index contributed by atoms with van der Waals surface area (Å²) in [6.45, 7) is 20.1. The van der Waals surface area contributed by atoms with Gasteiger partial charge in [-0.25, -0.2) is 4.98 Å². The Morgan fingerprint density at radius 1 is 0.867 bits per heavy atom. The summed E-state index contributed by atoms with van der Waals surface area (Å²) >= 11 is 0. The van der Waals surface area contributed by atoms with E-state index in [-0.39, 0.29) is 27.7 Å². The fourth-order valence-corrected chi connectivity index (χ4v) is 5.23.